The van der Waals surface area contributed by atoms with Gasteiger partial charge in [0.1, 0.15) is 0 Å². The molecule has 19 heavy (non-hydrogen) atoms. The van der Waals surface area contributed by atoms with Crippen molar-refractivity contribution in [1.82, 2.24) is 0 Å². The average Bonchev–Trinajstić information content (AvgIpc) is 2.42. The highest BCUT2D eigenvalue weighted by molar-refractivity contribution is 9.10. The Morgan fingerprint density at radius 1 is 1.32 bits per heavy atom. The van der Waals surface area contributed by atoms with Crippen LogP contribution in [0, 0.1) is 12.8 Å². The summed E-state index contributed by atoms with van der Waals surface area (Å²) >= 11 is 3.47. The van der Waals surface area contributed by atoms with Crippen LogP contribution in [0.3, 0.4) is 0 Å². The molecule has 0 atom stereocenters. The molecule has 0 unspecified atom stereocenters. The number of halogens is 1. The second kappa shape index (κ2) is 7.09. The van der Waals surface area contributed by atoms with E-state index in [0.717, 1.165) is 28.1 Å². The highest BCUT2D eigenvalue weighted by Gasteiger charge is 2.14. The maximum absolute atomic E-state index is 11.9. The third kappa shape index (κ3) is 4.64. The van der Waals surface area contributed by atoms with Crippen LogP contribution in [-0.2, 0) is 4.79 Å². The molecule has 2 nitrogen and oxygen atoms in total. The lowest BCUT2D eigenvalue weighted by Crippen LogP contribution is -2.14. The van der Waals surface area contributed by atoms with Crippen molar-refractivity contribution in [2.24, 2.45) is 5.92 Å². The van der Waals surface area contributed by atoms with Crippen LogP contribution in [0.2, 0.25) is 0 Å². The Morgan fingerprint density at radius 2 is 2.05 bits per heavy atom. The zero-order valence-electron chi connectivity index (χ0n) is 11.5. The van der Waals surface area contributed by atoms with E-state index in [2.05, 4.69) is 21.2 Å². The third-order valence-corrected chi connectivity index (χ3v) is 4.84. The van der Waals surface area contributed by atoms with Crippen molar-refractivity contribution >= 4 is 27.5 Å². The number of amides is 1. The van der Waals surface area contributed by atoms with Crippen molar-refractivity contribution in [2.75, 3.05) is 5.32 Å². The molecular weight excluding hydrogens is 302 g/mol. The fourth-order valence-electron chi connectivity index (χ4n) is 2.76. The summed E-state index contributed by atoms with van der Waals surface area (Å²) in [6.07, 6.45) is 8.38. The number of hydrogen-bond donors (Lipinski definition) is 1. The van der Waals surface area contributed by atoms with Crippen LogP contribution >= 0.6 is 15.9 Å². The number of nitrogens with one attached hydrogen (secondary N) is 1. The Kier molecular flexibility index (Phi) is 5.44. The van der Waals surface area contributed by atoms with Gasteiger partial charge in [-0.25, -0.2) is 0 Å². The molecule has 1 N–H and O–H groups in total. The van der Waals surface area contributed by atoms with Crippen LogP contribution in [0.5, 0.6) is 0 Å². The lowest BCUT2D eigenvalue weighted by Gasteiger charge is -2.21. The van der Waals surface area contributed by atoms with Crippen LogP contribution in [0.4, 0.5) is 5.69 Å². The molecule has 0 heterocycles. The predicted molar refractivity (Wildman–Crippen MR) is 83.3 cm³/mol. The van der Waals surface area contributed by atoms with Crippen molar-refractivity contribution < 1.29 is 4.79 Å². The van der Waals surface area contributed by atoms with Crippen LogP contribution in [-0.4, -0.2) is 5.91 Å². The van der Waals surface area contributed by atoms with E-state index in [1.54, 1.807) is 0 Å². The number of carbonyl (C=O) groups is 1. The molecule has 1 fully saturated rings. The van der Waals surface area contributed by atoms with Crippen LogP contribution in [0.15, 0.2) is 22.7 Å². The molecule has 104 valence electrons. The SMILES string of the molecule is Cc1cc(NC(=O)CCC2CCCCC2)ccc1Br. The van der Waals surface area contributed by atoms with Gasteiger partial charge < -0.3 is 5.32 Å². The van der Waals surface area contributed by atoms with Crippen molar-refractivity contribution in [3.8, 4) is 0 Å². The van der Waals surface area contributed by atoms with Gasteiger partial charge in [0.25, 0.3) is 0 Å². The summed E-state index contributed by atoms with van der Waals surface area (Å²) in [5.41, 5.74) is 2.04. The molecule has 1 aliphatic rings. The standard InChI is InChI=1S/C16H22BrNO/c1-12-11-14(8-9-15(12)17)18-16(19)10-7-13-5-3-2-4-6-13/h8-9,11,13H,2-7,10H2,1H3,(H,18,19). The molecule has 0 radical (unpaired) electrons. The molecule has 0 aromatic heterocycles. The second-order valence-corrected chi connectivity index (χ2v) is 6.41. The quantitative estimate of drug-likeness (QED) is 0.824. The molecule has 1 aromatic carbocycles. The zero-order valence-corrected chi connectivity index (χ0v) is 13.1. The van der Waals surface area contributed by atoms with Gasteiger partial charge in [-0.2, -0.15) is 0 Å². The highest BCUT2D eigenvalue weighted by Crippen LogP contribution is 2.27. The first-order valence-corrected chi connectivity index (χ1v) is 8.00. The van der Waals surface area contributed by atoms with Gasteiger partial charge in [0.05, 0.1) is 0 Å². The molecule has 0 saturated heterocycles. The van der Waals surface area contributed by atoms with Gasteiger partial charge in [-0.05, 0) is 43.0 Å². The Labute approximate surface area is 124 Å². The van der Waals surface area contributed by atoms with E-state index in [4.69, 9.17) is 0 Å². The van der Waals surface area contributed by atoms with Gasteiger partial charge in [-0.15, -0.1) is 0 Å². The molecule has 2 rings (SSSR count). The zero-order chi connectivity index (χ0) is 13.7. The van der Waals surface area contributed by atoms with Crippen molar-refractivity contribution in [2.45, 2.75) is 51.9 Å². The van der Waals surface area contributed by atoms with E-state index in [1.807, 2.05) is 25.1 Å². The molecule has 1 amide bonds. The van der Waals surface area contributed by atoms with Crippen LogP contribution < -0.4 is 5.32 Å². The van der Waals surface area contributed by atoms with E-state index in [9.17, 15) is 4.79 Å². The Morgan fingerprint density at radius 3 is 2.74 bits per heavy atom. The van der Waals surface area contributed by atoms with Gasteiger partial charge in [0.15, 0.2) is 0 Å². The molecule has 1 aliphatic carbocycles. The predicted octanol–water partition coefficient (Wildman–Crippen LogP) is 5.06. The summed E-state index contributed by atoms with van der Waals surface area (Å²) < 4.78 is 1.08. The molecule has 0 spiro atoms. The third-order valence-electron chi connectivity index (χ3n) is 3.95. The maximum Gasteiger partial charge on any atom is 0.224 e. The Bertz CT molecular complexity index is 438. The number of hydrogen-bond acceptors (Lipinski definition) is 1. The normalized spacial score (nSPS) is 16.3. The fraction of sp³-hybridized carbons (Fsp3) is 0.562. The summed E-state index contributed by atoms with van der Waals surface area (Å²) in [6, 6.07) is 5.92. The minimum Gasteiger partial charge on any atom is -0.326 e. The molecule has 0 bridgehead atoms. The Hall–Kier alpha value is -0.830. The number of anilines is 1. The van der Waals surface area contributed by atoms with E-state index in [1.165, 1.54) is 32.1 Å². The first-order valence-electron chi connectivity index (χ1n) is 7.21. The number of benzene rings is 1. The fourth-order valence-corrected chi connectivity index (χ4v) is 3.00. The largest absolute Gasteiger partial charge is 0.326 e. The molecular formula is C16H22BrNO. The lowest BCUT2D eigenvalue weighted by molar-refractivity contribution is -0.116. The van der Waals surface area contributed by atoms with E-state index >= 15 is 0 Å². The second-order valence-electron chi connectivity index (χ2n) is 5.55. The molecule has 1 aromatic rings. The van der Waals surface area contributed by atoms with Crippen molar-refractivity contribution in [1.29, 1.82) is 0 Å². The van der Waals surface area contributed by atoms with E-state index in [0.29, 0.717) is 6.42 Å². The van der Waals surface area contributed by atoms with Gasteiger partial charge in [0, 0.05) is 16.6 Å². The van der Waals surface area contributed by atoms with Gasteiger partial charge in [0.2, 0.25) is 5.91 Å². The average molecular weight is 324 g/mol. The minimum atomic E-state index is 0.146. The van der Waals surface area contributed by atoms with E-state index < -0.39 is 0 Å². The number of carbonyl (C=O) groups excluding carboxylic acids is 1. The van der Waals surface area contributed by atoms with Crippen LogP contribution in [0.25, 0.3) is 0 Å². The summed E-state index contributed by atoms with van der Waals surface area (Å²) in [5, 5.41) is 2.99. The maximum atomic E-state index is 11.9. The summed E-state index contributed by atoms with van der Waals surface area (Å²) in [6.45, 7) is 2.03. The number of rotatable bonds is 4. The molecule has 3 heteroatoms. The van der Waals surface area contributed by atoms with Crippen molar-refractivity contribution in [3.05, 3.63) is 28.2 Å². The highest BCUT2D eigenvalue weighted by atomic mass is 79.9. The first kappa shape index (κ1) is 14.6. The molecule has 0 aliphatic heterocycles. The van der Waals surface area contributed by atoms with Gasteiger partial charge in [-0.3, -0.25) is 4.79 Å². The monoisotopic (exact) mass is 323 g/mol. The first-order chi connectivity index (χ1) is 9.15. The van der Waals surface area contributed by atoms with Crippen LogP contribution in [0.1, 0.15) is 50.5 Å². The van der Waals surface area contributed by atoms with Gasteiger partial charge in [-0.1, -0.05) is 48.0 Å². The summed E-state index contributed by atoms with van der Waals surface area (Å²) in [7, 11) is 0. The van der Waals surface area contributed by atoms with Gasteiger partial charge >= 0.3 is 0 Å². The summed E-state index contributed by atoms with van der Waals surface area (Å²) in [5.74, 6) is 0.915. The molecule has 1 saturated carbocycles. The smallest absolute Gasteiger partial charge is 0.224 e. The van der Waals surface area contributed by atoms with E-state index in [-0.39, 0.29) is 5.91 Å². The summed E-state index contributed by atoms with van der Waals surface area (Å²) in [4.78, 5) is 11.9. The minimum absolute atomic E-state index is 0.146. The number of aryl methyl sites for hydroxylation is 1. The lowest BCUT2D eigenvalue weighted by atomic mass is 9.86. The Balaban J connectivity index is 1.78. The van der Waals surface area contributed by atoms with Crippen molar-refractivity contribution in [3.63, 3.8) is 0 Å². The topological polar surface area (TPSA) is 29.1 Å².